The fourth-order valence-electron chi connectivity index (χ4n) is 1.24. The van der Waals surface area contributed by atoms with Crippen LogP contribution >= 0.6 is 0 Å². The van der Waals surface area contributed by atoms with E-state index < -0.39 is 0 Å². The molecule has 0 aromatic heterocycles. The molecule has 0 aliphatic carbocycles. The van der Waals surface area contributed by atoms with Gasteiger partial charge in [-0.05, 0) is 25.8 Å². The highest BCUT2D eigenvalue weighted by atomic mass is 15.0. The predicted molar refractivity (Wildman–Crippen MR) is 35.9 cm³/mol. The van der Waals surface area contributed by atoms with Crippen LogP contribution in [-0.2, 0) is 0 Å². The minimum absolute atomic E-state index is 0.801. The maximum Gasteiger partial charge on any atom is 0.00792 e. The summed E-state index contributed by atoms with van der Waals surface area (Å²) in [5.74, 6) is 0.986. The van der Waals surface area contributed by atoms with Gasteiger partial charge in [-0.2, -0.15) is 0 Å². The van der Waals surface area contributed by atoms with Crippen molar-refractivity contribution in [2.24, 2.45) is 5.92 Å². The van der Waals surface area contributed by atoms with Gasteiger partial charge in [-0.1, -0.05) is 13.3 Å². The van der Waals surface area contributed by atoms with Crippen LogP contribution in [-0.4, -0.2) is 12.6 Å². The molecule has 1 saturated heterocycles. The van der Waals surface area contributed by atoms with Gasteiger partial charge in [0.15, 0.2) is 0 Å². The van der Waals surface area contributed by atoms with Gasteiger partial charge in [-0.3, -0.25) is 0 Å². The van der Waals surface area contributed by atoms with Crippen molar-refractivity contribution in [1.82, 2.24) is 5.32 Å². The Kier molecular flexibility index (Phi) is 1.90. The minimum Gasteiger partial charge on any atom is -0.314 e. The van der Waals surface area contributed by atoms with Crippen molar-refractivity contribution >= 4 is 0 Å². The van der Waals surface area contributed by atoms with E-state index in [1.807, 2.05) is 0 Å². The number of rotatable bonds is 2. The first kappa shape index (κ1) is 6.09. The zero-order valence-corrected chi connectivity index (χ0v) is 5.78. The zero-order chi connectivity index (χ0) is 5.98. The molecule has 0 aromatic rings. The Bertz CT molecular complexity index is 70.8. The molecule has 1 N–H and O–H groups in total. The molecule has 0 amide bonds. The van der Waals surface area contributed by atoms with Gasteiger partial charge in [-0.25, -0.2) is 0 Å². The third kappa shape index (κ3) is 1.03. The summed E-state index contributed by atoms with van der Waals surface area (Å²) in [7, 11) is 0. The Labute approximate surface area is 51.5 Å². The van der Waals surface area contributed by atoms with Crippen LogP contribution in [0.25, 0.3) is 0 Å². The Morgan fingerprint density at radius 1 is 1.62 bits per heavy atom. The number of hydrogen-bond donors (Lipinski definition) is 1. The van der Waals surface area contributed by atoms with Crippen LogP contribution in [0.1, 0.15) is 26.7 Å². The van der Waals surface area contributed by atoms with Gasteiger partial charge < -0.3 is 5.32 Å². The lowest BCUT2D eigenvalue weighted by Gasteiger charge is -2.35. The summed E-state index contributed by atoms with van der Waals surface area (Å²) < 4.78 is 0. The molecule has 0 spiro atoms. The molecule has 0 bridgehead atoms. The van der Waals surface area contributed by atoms with Crippen molar-refractivity contribution in [1.29, 1.82) is 0 Å². The van der Waals surface area contributed by atoms with Crippen LogP contribution in [0.15, 0.2) is 0 Å². The van der Waals surface area contributed by atoms with Gasteiger partial charge in [0.2, 0.25) is 0 Å². The summed E-state index contributed by atoms with van der Waals surface area (Å²) >= 11 is 0. The molecule has 2 unspecified atom stereocenters. The Morgan fingerprint density at radius 3 is 2.50 bits per heavy atom. The first-order chi connectivity index (χ1) is 3.84. The topological polar surface area (TPSA) is 12.0 Å². The van der Waals surface area contributed by atoms with Gasteiger partial charge in [-0.15, -0.1) is 0 Å². The average molecular weight is 113 g/mol. The van der Waals surface area contributed by atoms with E-state index in [-0.39, 0.29) is 0 Å². The van der Waals surface area contributed by atoms with E-state index in [1.165, 1.54) is 19.4 Å². The molecular weight excluding hydrogens is 98.1 g/mol. The molecule has 1 nitrogen and oxygen atoms in total. The van der Waals surface area contributed by atoms with Crippen LogP contribution < -0.4 is 5.32 Å². The van der Waals surface area contributed by atoms with Crippen molar-refractivity contribution in [2.45, 2.75) is 32.7 Å². The first-order valence-corrected chi connectivity index (χ1v) is 3.58. The van der Waals surface area contributed by atoms with Crippen molar-refractivity contribution < 1.29 is 0 Å². The summed E-state index contributed by atoms with van der Waals surface area (Å²) in [6.45, 7) is 5.78. The summed E-state index contributed by atoms with van der Waals surface area (Å²) in [5, 5.41) is 3.34. The molecule has 2 atom stereocenters. The number of nitrogens with one attached hydrogen (secondary N) is 1. The average Bonchev–Trinajstić information content (AvgIpc) is 1.79. The van der Waals surface area contributed by atoms with Gasteiger partial charge in [0, 0.05) is 6.04 Å². The smallest absolute Gasteiger partial charge is 0.00792 e. The lowest BCUT2D eigenvalue weighted by Crippen LogP contribution is -2.50. The highest BCUT2D eigenvalue weighted by Gasteiger charge is 2.23. The molecule has 8 heavy (non-hydrogen) atoms. The van der Waals surface area contributed by atoms with E-state index in [9.17, 15) is 0 Å². The van der Waals surface area contributed by atoms with Gasteiger partial charge in [0.1, 0.15) is 0 Å². The molecule has 1 rings (SSSR count). The van der Waals surface area contributed by atoms with Crippen LogP contribution in [0.2, 0.25) is 0 Å². The molecule has 1 fully saturated rings. The van der Waals surface area contributed by atoms with Crippen molar-refractivity contribution in [2.75, 3.05) is 6.54 Å². The fraction of sp³-hybridized carbons (Fsp3) is 1.00. The summed E-state index contributed by atoms with van der Waals surface area (Å²) in [5.41, 5.74) is 0. The maximum absolute atomic E-state index is 3.34. The van der Waals surface area contributed by atoms with Crippen LogP contribution in [0.5, 0.6) is 0 Å². The monoisotopic (exact) mass is 113 g/mol. The molecule has 0 radical (unpaired) electrons. The maximum atomic E-state index is 3.34. The van der Waals surface area contributed by atoms with Crippen LogP contribution in [0.4, 0.5) is 0 Å². The SMILES string of the molecule is CCCC1CNC1C. The molecule has 0 aromatic carbocycles. The summed E-state index contributed by atoms with van der Waals surface area (Å²) in [6.07, 6.45) is 2.75. The van der Waals surface area contributed by atoms with Crippen molar-refractivity contribution in [3.05, 3.63) is 0 Å². The van der Waals surface area contributed by atoms with E-state index >= 15 is 0 Å². The first-order valence-electron chi connectivity index (χ1n) is 3.58. The third-order valence-corrected chi connectivity index (χ3v) is 2.07. The molecule has 1 aliphatic rings. The molecule has 1 heteroatoms. The molecule has 1 heterocycles. The molecule has 0 saturated carbocycles. The lowest BCUT2D eigenvalue weighted by molar-refractivity contribution is 0.234. The summed E-state index contributed by atoms with van der Waals surface area (Å²) in [6, 6.07) is 0.801. The predicted octanol–water partition coefficient (Wildman–Crippen LogP) is 1.39. The highest BCUT2D eigenvalue weighted by molar-refractivity contribution is 4.83. The molecular formula is C7H15N. The van der Waals surface area contributed by atoms with E-state index in [0.717, 1.165) is 12.0 Å². The van der Waals surface area contributed by atoms with Crippen LogP contribution in [0.3, 0.4) is 0 Å². The van der Waals surface area contributed by atoms with Gasteiger partial charge in [0.25, 0.3) is 0 Å². The third-order valence-electron chi connectivity index (χ3n) is 2.07. The Hall–Kier alpha value is -0.0400. The quantitative estimate of drug-likeness (QED) is 0.570. The second-order valence-electron chi connectivity index (χ2n) is 2.75. The second-order valence-corrected chi connectivity index (χ2v) is 2.75. The van der Waals surface area contributed by atoms with Gasteiger partial charge >= 0.3 is 0 Å². The summed E-state index contributed by atoms with van der Waals surface area (Å²) in [4.78, 5) is 0. The Balaban J connectivity index is 2.08. The Morgan fingerprint density at radius 2 is 2.38 bits per heavy atom. The normalized spacial score (nSPS) is 36.8. The van der Waals surface area contributed by atoms with Crippen LogP contribution in [0, 0.1) is 5.92 Å². The second kappa shape index (κ2) is 2.49. The molecule has 48 valence electrons. The number of hydrogen-bond acceptors (Lipinski definition) is 1. The van der Waals surface area contributed by atoms with Crippen molar-refractivity contribution in [3.63, 3.8) is 0 Å². The fourth-order valence-corrected chi connectivity index (χ4v) is 1.24. The lowest BCUT2D eigenvalue weighted by atomic mass is 9.89. The minimum atomic E-state index is 0.801. The van der Waals surface area contributed by atoms with E-state index in [2.05, 4.69) is 19.2 Å². The largest absolute Gasteiger partial charge is 0.314 e. The van der Waals surface area contributed by atoms with Crippen molar-refractivity contribution in [3.8, 4) is 0 Å². The molecule has 1 aliphatic heterocycles. The highest BCUT2D eigenvalue weighted by Crippen LogP contribution is 2.17. The van der Waals surface area contributed by atoms with E-state index in [4.69, 9.17) is 0 Å². The van der Waals surface area contributed by atoms with Gasteiger partial charge in [0.05, 0.1) is 0 Å². The van der Waals surface area contributed by atoms with E-state index in [0.29, 0.717) is 0 Å². The zero-order valence-electron chi connectivity index (χ0n) is 5.78. The standard InChI is InChI=1S/C7H15N/c1-3-4-7-5-8-6(7)2/h6-8H,3-5H2,1-2H3. The van der Waals surface area contributed by atoms with E-state index in [1.54, 1.807) is 0 Å².